The molecule has 1 aliphatic heterocycles. The standard InChI is InChI=1S/C20H29N5O3/c1-4-21-20(23-12-19-24-15(3)28-25-19)22-11-16-8-7-14(2)10-18(16)27-13-17-6-5-9-26-17/h7-8,10,17H,4-6,9,11-13H2,1-3H3,(H2,21,22,23). The van der Waals surface area contributed by atoms with Gasteiger partial charge >= 0.3 is 0 Å². The van der Waals surface area contributed by atoms with Crippen LogP contribution in [0.1, 0.15) is 42.6 Å². The molecule has 152 valence electrons. The van der Waals surface area contributed by atoms with Crippen LogP contribution in [0.2, 0.25) is 0 Å². The third-order valence-electron chi connectivity index (χ3n) is 4.41. The van der Waals surface area contributed by atoms with Crippen molar-refractivity contribution < 1.29 is 14.0 Å². The van der Waals surface area contributed by atoms with Gasteiger partial charge in [0.25, 0.3) is 0 Å². The first kappa shape index (κ1) is 20.1. The molecule has 1 saturated heterocycles. The van der Waals surface area contributed by atoms with Gasteiger partial charge in [0.1, 0.15) is 12.4 Å². The Labute approximate surface area is 165 Å². The summed E-state index contributed by atoms with van der Waals surface area (Å²) in [5, 5.41) is 10.3. The molecule has 1 fully saturated rings. The predicted octanol–water partition coefficient (Wildman–Crippen LogP) is 2.50. The Balaban J connectivity index is 1.63. The Morgan fingerprint density at radius 1 is 1.32 bits per heavy atom. The van der Waals surface area contributed by atoms with Gasteiger partial charge in [0.05, 0.1) is 19.2 Å². The van der Waals surface area contributed by atoms with Crippen LogP contribution >= 0.6 is 0 Å². The second-order valence-corrected chi connectivity index (χ2v) is 6.84. The highest BCUT2D eigenvalue weighted by Crippen LogP contribution is 2.23. The summed E-state index contributed by atoms with van der Waals surface area (Å²) in [6, 6.07) is 6.20. The molecule has 1 aromatic carbocycles. The lowest BCUT2D eigenvalue weighted by atomic mass is 10.1. The number of aryl methyl sites for hydroxylation is 2. The molecule has 28 heavy (non-hydrogen) atoms. The minimum atomic E-state index is 0.189. The van der Waals surface area contributed by atoms with Gasteiger partial charge in [0.2, 0.25) is 5.89 Å². The molecule has 3 rings (SSSR count). The molecule has 0 amide bonds. The number of ether oxygens (including phenoxy) is 2. The summed E-state index contributed by atoms with van der Waals surface area (Å²) in [7, 11) is 0. The van der Waals surface area contributed by atoms with Crippen LogP contribution in [0.5, 0.6) is 5.75 Å². The highest BCUT2D eigenvalue weighted by Gasteiger charge is 2.17. The molecule has 0 saturated carbocycles. The minimum Gasteiger partial charge on any atom is -0.491 e. The van der Waals surface area contributed by atoms with E-state index in [-0.39, 0.29) is 6.10 Å². The molecule has 8 nitrogen and oxygen atoms in total. The number of aliphatic imine (C=N–C) groups is 1. The number of guanidine groups is 1. The van der Waals surface area contributed by atoms with Crippen molar-refractivity contribution in [1.29, 1.82) is 0 Å². The Bertz CT molecular complexity index is 784. The van der Waals surface area contributed by atoms with Crippen LogP contribution in [0, 0.1) is 13.8 Å². The second-order valence-electron chi connectivity index (χ2n) is 6.84. The van der Waals surface area contributed by atoms with Crippen LogP contribution in [0.4, 0.5) is 0 Å². The van der Waals surface area contributed by atoms with Crippen molar-refractivity contribution in [2.45, 2.75) is 52.8 Å². The number of aromatic nitrogens is 2. The van der Waals surface area contributed by atoms with Gasteiger partial charge in [-0.2, -0.15) is 4.98 Å². The van der Waals surface area contributed by atoms with Crippen molar-refractivity contribution in [3.05, 3.63) is 41.0 Å². The summed E-state index contributed by atoms with van der Waals surface area (Å²) >= 11 is 0. The zero-order valence-corrected chi connectivity index (χ0v) is 16.8. The van der Waals surface area contributed by atoms with Crippen LogP contribution in [0.25, 0.3) is 0 Å². The van der Waals surface area contributed by atoms with Gasteiger partial charge in [-0.1, -0.05) is 17.3 Å². The molecule has 0 radical (unpaired) electrons. The van der Waals surface area contributed by atoms with E-state index in [0.29, 0.717) is 37.4 Å². The van der Waals surface area contributed by atoms with Gasteiger partial charge in [0.15, 0.2) is 11.8 Å². The van der Waals surface area contributed by atoms with Crippen molar-refractivity contribution in [2.75, 3.05) is 19.8 Å². The van der Waals surface area contributed by atoms with Crippen LogP contribution < -0.4 is 15.4 Å². The van der Waals surface area contributed by atoms with Gasteiger partial charge in [0, 0.05) is 25.6 Å². The van der Waals surface area contributed by atoms with Gasteiger partial charge in [-0.25, -0.2) is 4.99 Å². The average molecular weight is 387 g/mol. The normalized spacial score (nSPS) is 17.0. The highest BCUT2D eigenvalue weighted by atomic mass is 16.5. The number of hydrogen-bond donors (Lipinski definition) is 2. The monoisotopic (exact) mass is 387 g/mol. The van der Waals surface area contributed by atoms with Crippen molar-refractivity contribution in [3.63, 3.8) is 0 Å². The molecule has 1 atom stereocenters. The molecule has 1 unspecified atom stereocenters. The van der Waals surface area contributed by atoms with Crippen molar-refractivity contribution in [3.8, 4) is 5.75 Å². The second kappa shape index (κ2) is 10.1. The fraction of sp³-hybridized carbons (Fsp3) is 0.550. The Hall–Kier alpha value is -2.61. The lowest BCUT2D eigenvalue weighted by Gasteiger charge is -2.15. The number of nitrogens with one attached hydrogen (secondary N) is 2. The molecule has 8 heteroatoms. The molecule has 2 heterocycles. The SMILES string of the molecule is CCNC(=NCc1ccc(C)cc1OCC1CCCO1)NCc1noc(C)n1. The fourth-order valence-electron chi connectivity index (χ4n) is 2.97. The lowest BCUT2D eigenvalue weighted by Crippen LogP contribution is -2.37. The summed E-state index contributed by atoms with van der Waals surface area (Å²) in [6.45, 7) is 8.97. The Morgan fingerprint density at radius 2 is 2.21 bits per heavy atom. The third kappa shape index (κ3) is 5.95. The van der Waals surface area contributed by atoms with Crippen LogP contribution in [0.15, 0.2) is 27.7 Å². The summed E-state index contributed by atoms with van der Waals surface area (Å²) in [5.74, 6) is 2.70. The minimum absolute atomic E-state index is 0.189. The van der Waals surface area contributed by atoms with Crippen molar-refractivity contribution in [1.82, 2.24) is 20.8 Å². The first-order valence-corrected chi connectivity index (χ1v) is 9.79. The lowest BCUT2D eigenvalue weighted by molar-refractivity contribution is 0.0676. The molecule has 0 bridgehead atoms. The van der Waals surface area contributed by atoms with Gasteiger partial charge in [-0.3, -0.25) is 0 Å². The maximum Gasteiger partial charge on any atom is 0.223 e. The summed E-state index contributed by atoms with van der Waals surface area (Å²) in [5.41, 5.74) is 2.20. The molecule has 1 aliphatic rings. The van der Waals surface area contributed by atoms with E-state index in [4.69, 9.17) is 14.0 Å². The topological polar surface area (TPSA) is 93.8 Å². The van der Waals surface area contributed by atoms with Crippen LogP contribution in [0.3, 0.4) is 0 Å². The number of rotatable bonds is 8. The summed E-state index contributed by atoms with van der Waals surface area (Å²) in [4.78, 5) is 8.86. The number of hydrogen-bond acceptors (Lipinski definition) is 6. The maximum atomic E-state index is 6.06. The molecule has 2 N–H and O–H groups in total. The van der Waals surface area contributed by atoms with Gasteiger partial charge in [-0.15, -0.1) is 0 Å². The van der Waals surface area contributed by atoms with Crippen LogP contribution in [-0.4, -0.2) is 42.0 Å². The number of nitrogens with zero attached hydrogens (tertiary/aromatic N) is 3. The zero-order chi connectivity index (χ0) is 19.8. The quantitative estimate of drug-likeness (QED) is 0.531. The zero-order valence-electron chi connectivity index (χ0n) is 16.8. The summed E-state index contributed by atoms with van der Waals surface area (Å²) in [6.07, 6.45) is 2.36. The van der Waals surface area contributed by atoms with E-state index in [1.165, 1.54) is 0 Å². The third-order valence-corrected chi connectivity index (χ3v) is 4.41. The first-order chi connectivity index (χ1) is 13.6. The predicted molar refractivity (Wildman–Crippen MR) is 106 cm³/mol. The van der Waals surface area contributed by atoms with Crippen molar-refractivity contribution in [2.24, 2.45) is 4.99 Å². The van der Waals surface area contributed by atoms with E-state index in [1.807, 2.05) is 6.92 Å². The van der Waals surface area contributed by atoms with Gasteiger partial charge < -0.3 is 24.6 Å². The van der Waals surface area contributed by atoms with E-state index >= 15 is 0 Å². The van der Waals surface area contributed by atoms with E-state index in [1.54, 1.807) is 6.92 Å². The summed E-state index contributed by atoms with van der Waals surface area (Å²) < 4.78 is 16.7. The van der Waals surface area contributed by atoms with E-state index in [2.05, 4.69) is 50.9 Å². The Kier molecular flexibility index (Phi) is 7.25. The highest BCUT2D eigenvalue weighted by molar-refractivity contribution is 5.79. The molecular weight excluding hydrogens is 358 g/mol. The Morgan fingerprint density at radius 3 is 2.93 bits per heavy atom. The van der Waals surface area contributed by atoms with E-state index in [0.717, 1.165) is 42.9 Å². The molecule has 2 aromatic rings. The molecular formula is C20H29N5O3. The molecule has 0 spiro atoms. The largest absolute Gasteiger partial charge is 0.491 e. The average Bonchev–Trinajstić information content (AvgIpc) is 3.35. The fourth-order valence-corrected chi connectivity index (χ4v) is 2.97. The van der Waals surface area contributed by atoms with Gasteiger partial charge in [-0.05, 0) is 38.3 Å². The van der Waals surface area contributed by atoms with Crippen molar-refractivity contribution >= 4 is 5.96 Å². The smallest absolute Gasteiger partial charge is 0.223 e. The molecule has 1 aromatic heterocycles. The maximum absolute atomic E-state index is 6.06. The first-order valence-electron chi connectivity index (χ1n) is 9.79. The van der Waals surface area contributed by atoms with E-state index < -0.39 is 0 Å². The number of benzene rings is 1. The van der Waals surface area contributed by atoms with Crippen LogP contribution in [-0.2, 0) is 17.8 Å². The van der Waals surface area contributed by atoms with E-state index in [9.17, 15) is 0 Å². The molecule has 0 aliphatic carbocycles.